The fourth-order valence-electron chi connectivity index (χ4n) is 1.87. The molecule has 1 amide bonds. The summed E-state index contributed by atoms with van der Waals surface area (Å²) in [5, 5.41) is 6.62. The van der Waals surface area contributed by atoms with Crippen LogP contribution in [0.2, 0.25) is 0 Å². The summed E-state index contributed by atoms with van der Waals surface area (Å²) in [6.07, 6.45) is 2.27. The number of carbonyl (C=O) groups is 1. The Morgan fingerprint density at radius 1 is 1.39 bits per heavy atom. The van der Waals surface area contributed by atoms with E-state index in [1.165, 1.54) is 0 Å². The van der Waals surface area contributed by atoms with Gasteiger partial charge in [0.2, 0.25) is 0 Å². The first-order chi connectivity index (χ1) is 8.72. The molecule has 1 heterocycles. The molecule has 4 heteroatoms. The predicted molar refractivity (Wildman–Crippen MR) is 67.6 cm³/mol. The molecule has 92 valence electrons. The maximum Gasteiger partial charge on any atom is 0.277 e. The van der Waals surface area contributed by atoms with E-state index in [9.17, 15) is 4.79 Å². The van der Waals surface area contributed by atoms with E-state index in [4.69, 9.17) is 4.52 Å². The van der Waals surface area contributed by atoms with Gasteiger partial charge >= 0.3 is 0 Å². The molecule has 1 aromatic carbocycles. The van der Waals surface area contributed by atoms with Crippen molar-refractivity contribution < 1.29 is 9.32 Å². The van der Waals surface area contributed by atoms with Crippen molar-refractivity contribution >= 4 is 11.6 Å². The predicted octanol–water partition coefficient (Wildman–Crippen LogP) is 3.11. The largest absolute Gasteiger partial charge is 0.360 e. The minimum absolute atomic E-state index is 0.226. The fourth-order valence-corrected chi connectivity index (χ4v) is 1.87. The number of aromatic nitrogens is 1. The lowest BCUT2D eigenvalue weighted by atomic mass is 10.2. The number of hydrogen-bond donors (Lipinski definition) is 1. The lowest BCUT2D eigenvalue weighted by Gasteiger charge is -2.02. The Bertz CT molecular complexity index is 585. The van der Waals surface area contributed by atoms with Crippen LogP contribution < -0.4 is 5.32 Å². The fraction of sp³-hybridized carbons (Fsp3) is 0.286. The van der Waals surface area contributed by atoms with E-state index >= 15 is 0 Å². The number of amides is 1. The SMILES string of the molecule is Cc1cccc(NC(=O)c2cc(C3CC3)on2)c1. The molecular formula is C14H14N2O2. The van der Waals surface area contributed by atoms with Gasteiger partial charge in [0.1, 0.15) is 5.76 Å². The van der Waals surface area contributed by atoms with Gasteiger partial charge in [-0.3, -0.25) is 4.79 Å². The van der Waals surface area contributed by atoms with Crippen molar-refractivity contribution in [1.29, 1.82) is 0 Å². The van der Waals surface area contributed by atoms with Gasteiger partial charge in [-0.15, -0.1) is 0 Å². The molecule has 0 unspecified atom stereocenters. The van der Waals surface area contributed by atoms with Crippen LogP contribution in [-0.2, 0) is 0 Å². The normalized spacial score (nSPS) is 14.5. The summed E-state index contributed by atoms with van der Waals surface area (Å²) >= 11 is 0. The third-order valence-corrected chi connectivity index (χ3v) is 3.02. The average molecular weight is 242 g/mol. The molecule has 2 aromatic rings. The van der Waals surface area contributed by atoms with Crippen LogP contribution in [0.25, 0.3) is 0 Å². The monoisotopic (exact) mass is 242 g/mol. The van der Waals surface area contributed by atoms with Crippen molar-refractivity contribution in [2.24, 2.45) is 0 Å². The third-order valence-electron chi connectivity index (χ3n) is 3.02. The molecular weight excluding hydrogens is 228 g/mol. The van der Waals surface area contributed by atoms with Crippen molar-refractivity contribution in [3.8, 4) is 0 Å². The molecule has 0 atom stereocenters. The van der Waals surface area contributed by atoms with Crippen LogP contribution in [0, 0.1) is 6.92 Å². The second kappa shape index (κ2) is 4.29. The van der Waals surface area contributed by atoms with Crippen molar-refractivity contribution in [3.63, 3.8) is 0 Å². The number of nitrogens with one attached hydrogen (secondary N) is 1. The van der Waals surface area contributed by atoms with Crippen LogP contribution in [0.5, 0.6) is 0 Å². The molecule has 4 nitrogen and oxygen atoms in total. The van der Waals surface area contributed by atoms with E-state index in [1.807, 2.05) is 31.2 Å². The molecule has 18 heavy (non-hydrogen) atoms. The summed E-state index contributed by atoms with van der Waals surface area (Å²) in [7, 11) is 0. The first-order valence-electron chi connectivity index (χ1n) is 6.07. The summed E-state index contributed by atoms with van der Waals surface area (Å²) in [5.74, 6) is 1.07. The summed E-state index contributed by atoms with van der Waals surface area (Å²) in [6, 6.07) is 9.40. The van der Waals surface area contributed by atoms with Gasteiger partial charge in [-0.1, -0.05) is 17.3 Å². The molecule has 1 aromatic heterocycles. The zero-order valence-electron chi connectivity index (χ0n) is 10.1. The highest BCUT2D eigenvalue weighted by Crippen LogP contribution is 2.40. The zero-order valence-corrected chi connectivity index (χ0v) is 10.1. The van der Waals surface area contributed by atoms with Crippen molar-refractivity contribution in [3.05, 3.63) is 47.3 Å². The van der Waals surface area contributed by atoms with E-state index in [0.717, 1.165) is 29.9 Å². The van der Waals surface area contributed by atoms with Gasteiger partial charge in [0.05, 0.1) is 0 Å². The maximum atomic E-state index is 11.9. The van der Waals surface area contributed by atoms with Gasteiger partial charge in [-0.05, 0) is 37.5 Å². The lowest BCUT2D eigenvalue weighted by molar-refractivity contribution is 0.101. The van der Waals surface area contributed by atoms with Gasteiger partial charge in [-0.25, -0.2) is 0 Å². The Hall–Kier alpha value is -2.10. The molecule has 0 saturated heterocycles. The molecule has 0 aliphatic heterocycles. The summed E-state index contributed by atoms with van der Waals surface area (Å²) in [4.78, 5) is 11.9. The van der Waals surface area contributed by atoms with Crippen LogP contribution in [0.4, 0.5) is 5.69 Å². The van der Waals surface area contributed by atoms with Crippen LogP contribution >= 0.6 is 0 Å². The topological polar surface area (TPSA) is 55.1 Å². The molecule has 3 rings (SSSR count). The molecule has 1 saturated carbocycles. The molecule has 0 bridgehead atoms. The number of aryl methyl sites for hydroxylation is 1. The number of anilines is 1. The van der Waals surface area contributed by atoms with Gasteiger partial charge < -0.3 is 9.84 Å². The number of benzene rings is 1. The van der Waals surface area contributed by atoms with Crippen LogP contribution in [0.1, 0.15) is 40.6 Å². The minimum atomic E-state index is -0.226. The number of carbonyl (C=O) groups excluding carboxylic acids is 1. The van der Waals surface area contributed by atoms with E-state index < -0.39 is 0 Å². The second-order valence-electron chi connectivity index (χ2n) is 4.71. The quantitative estimate of drug-likeness (QED) is 0.899. The smallest absolute Gasteiger partial charge is 0.277 e. The Kier molecular flexibility index (Phi) is 2.63. The van der Waals surface area contributed by atoms with Crippen molar-refractivity contribution in [2.75, 3.05) is 5.32 Å². The Balaban J connectivity index is 1.73. The van der Waals surface area contributed by atoms with Gasteiger partial charge in [-0.2, -0.15) is 0 Å². The second-order valence-corrected chi connectivity index (χ2v) is 4.71. The summed E-state index contributed by atoms with van der Waals surface area (Å²) in [6.45, 7) is 1.98. The van der Waals surface area contributed by atoms with E-state index in [-0.39, 0.29) is 5.91 Å². The molecule has 1 aliphatic carbocycles. The van der Waals surface area contributed by atoms with Gasteiger partial charge in [0.25, 0.3) is 5.91 Å². The molecule has 1 aliphatic rings. The van der Waals surface area contributed by atoms with E-state index in [0.29, 0.717) is 11.6 Å². The Morgan fingerprint density at radius 2 is 2.22 bits per heavy atom. The number of hydrogen-bond acceptors (Lipinski definition) is 3. The van der Waals surface area contributed by atoms with Crippen molar-refractivity contribution in [1.82, 2.24) is 5.16 Å². The first-order valence-corrected chi connectivity index (χ1v) is 6.07. The number of nitrogens with zero attached hydrogens (tertiary/aromatic N) is 1. The first kappa shape index (κ1) is 11.0. The highest BCUT2D eigenvalue weighted by Gasteiger charge is 2.28. The maximum absolute atomic E-state index is 11.9. The Morgan fingerprint density at radius 3 is 2.94 bits per heavy atom. The summed E-state index contributed by atoms with van der Waals surface area (Å²) in [5.41, 5.74) is 2.22. The standard InChI is InChI=1S/C14H14N2O2/c1-9-3-2-4-11(7-9)15-14(17)12-8-13(18-16-12)10-5-6-10/h2-4,7-8,10H,5-6H2,1H3,(H,15,17). The molecule has 1 fully saturated rings. The van der Waals surface area contributed by atoms with E-state index in [2.05, 4.69) is 10.5 Å². The lowest BCUT2D eigenvalue weighted by Crippen LogP contribution is -2.12. The van der Waals surface area contributed by atoms with Crippen LogP contribution in [-0.4, -0.2) is 11.1 Å². The highest BCUT2D eigenvalue weighted by atomic mass is 16.5. The van der Waals surface area contributed by atoms with Gasteiger partial charge in [0.15, 0.2) is 5.69 Å². The third kappa shape index (κ3) is 2.27. The molecule has 0 radical (unpaired) electrons. The van der Waals surface area contributed by atoms with Crippen molar-refractivity contribution in [2.45, 2.75) is 25.7 Å². The summed E-state index contributed by atoms with van der Waals surface area (Å²) < 4.78 is 5.16. The van der Waals surface area contributed by atoms with Gasteiger partial charge in [0, 0.05) is 17.7 Å². The average Bonchev–Trinajstić information content (AvgIpc) is 3.07. The molecule has 1 N–H and O–H groups in total. The van der Waals surface area contributed by atoms with Crippen LogP contribution in [0.3, 0.4) is 0 Å². The molecule has 0 spiro atoms. The highest BCUT2D eigenvalue weighted by molar-refractivity contribution is 6.02. The Labute approximate surface area is 105 Å². The minimum Gasteiger partial charge on any atom is -0.360 e. The van der Waals surface area contributed by atoms with E-state index in [1.54, 1.807) is 6.07 Å². The van der Waals surface area contributed by atoms with Crippen LogP contribution in [0.15, 0.2) is 34.9 Å². The zero-order chi connectivity index (χ0) is 12.5. The number of rotatable bonds is 3.